The molecule has 2 rings (SSSR count). The van der Waals surface area contributed by atoms with Crippen molar-refractivity contribution in [3.63, 3.8) is 0 Å². The zero-order valence-electron chi connectivity index (χ0n) is 12.7. The Morgan fingerprint density at radius 2 is 1.91 bits per heavy atom. The number of amides is 1. The molecule has 1 N–H and O–H groups in total. The highest BCUT2D eigenvalue weighted by Gasteiger charge is 2.12. The number of rotatable bonds is 3. The van der Waals surface area contributed by atoms with Gasteiger partial charge in [0.15, 0.2) is 0 Å². The molecule has 0 aliphatic heterocycles. The van der Waals surface area contributed by atoms with Crippen molar-refractivity contribution in [2.75, 3.05) is 5.32 Å². The third-order valence-electron chi connectivity index (χ3n) is 3.27. The predicted molar refractivity (Wildman–Crippen MR) is 94.6 cm³/mol. The minimum Gasteiger partial charge on any atom is -0.320 e. The molecule has 1 amide bonds. The maximum absolute atomic E-state index is 12.3. The van der Waals surface area contributed by atoms with Crippen LogP contribution in [0.5, 0.6) is 0 Å². The molecule has 23 heavy (non-hydrogen) atoms. The van der Waals surface area contributed by atoms with E-state index in [0.717, 1.165) is 16.7 Å². The van der Waals surface area contributed by atoms with Crippen LogP contribution in [0, 0.1) is 25.2 Å². The van der Waals surface area contributed by atoms with Crippen LogP contribution < -0.4 is 5.32 Å². The standard InChI is InChI=1S/C18H14Cl2N2O/c1-11-3-4-13(12(2)7-11)8-14(10-21)18(23)22-17-9-15(19)5-6-16(17)20/h3-9H,1-2H3,(H,22,23)/b14-8+. The van der Waals surface area contributed by atoms with E-state index in [-0.39, 0.29) is 5.57 Å². The maximum Gasteiger partial charge on any atom is 0.266 e. The van der Waals surface area contributed by atoms with Crippen molar-refractivity contribution in [2.24, 2.45) is 0 Å². The van der Waals surface area contributed by atoms with Crippen LogP contribution in [0.15, 0.2) is 42.0 Å². The molecule has 0 aliphatic rings. The number of halogens is 2. The van der Waals surface area contributed by atoms with Crippen molar-refractivity contribution in [2.45, 2.75) is 13.8 Å². The number of aryl methyl sites for hydroxylation is 2. The summed E-state index contributed by atoms with van der Waals surface area (Å²) in [4.78, 5) is 12.3. The smallest absolute Gasteiger partial charge is 0.266 e. The lowest BCUT2D eigenvalue weighted by Crippen LogP contribution is -2.13. The average Bonchev–Trinajstić information content (AvgIpc) is 2.50. The Morgan fingerprint density at radius 1 is 1.17 bits per heavy atom. The molecule has 2 aromatic carbocycles. The highest BCUT2D eigenvalue weighted by Crippen LogP contribution is 2.26. The van der Waals surface area contributed by atoms with E-state index in [0.29, 0.717) is 15.7 Å². The Labute approximate surface area is 145 Å². The van der Waals surface area contributed by atoms with Crippen molar-refractivity contribution in [1.82, 2.24) is 0 Å². The highest BCUT2D eigenvalue weighted by molar-refractivity contribution is 6.36. The molecule has 5 heteroatoms. The molecule has 0 saturated carbocycles. The van der Waals surface area contributed by atoms with E-state index in [1.165, 1.54) is 6.07 Å². The summed E-state index contributed by atoms with van der Waals surface area (Å²) in [5, 5.41) is 12.7. The number of nitrogens with zero attached hydrogens (tertiary/aromatic N) is 1. The van der Waals surface area contributed by atoms with E-state index >= 15 is 0 Å². The van der Waals surface area contributed by atoms with Crippen molar-refractivity contribution >= 4 is 40.9 Å². The fourth-order valence-corrected chi connectivity index (χ4v) is 2.41. The van der Waals surface area contributed by atoms with Gasteiger partial charge in [-0.3, -0.25) is 4.79 Å². The van der Waals surface area contributed by atoms with Gasteiger partial charge in [-0.1, -0.05) is 47.0 Å². The summed E-state index contributed by atoms with van der Waals surface area (Å²) in [6.45, 7) is 3.92. The lowest BCUT2D eigenvalue weighted by atomic mass is 10.0. The van der Waals surface area contributed by atoms with Crippen LogP contribution in [0.3, 0.4) is 0 Å². The minimum absolute atomic E-state index is 0.00649. The second-order valence-electron chi connectivity index (χ2n) is 5.11. The number of hydrogen-bond acceptors (Lipinski definition) is 2. The number of hydrogen-bond donors (Lipinski definition) is 1. The molecule has 3 nitrogen and oxygen atoms in total. The topological polar surface area (TPSA) is 52.9 Å². The van der Waals surface area contributed by atoms with Gasteiger partial charge in [-0.15, -0.1) is 0 Å². The Kier molecular flexibility index (Phi) is 5.44. The van der Waals surface area contributed by atoms with Crippen LogP contribution in [0.1, 0.15) is 16.7 Å². The van der Waals surface area contributed by atoms with Gasteiger partial charge >= 0.3 is 0 Å². The Balaban J connectivity index is 2.30. The maximum atomic E-state index is 12.3. The van der Waals surface area contributed by atoms with Gasteiger partial charge in [-0.25, -0.2) is 0 Å². The first-order chi connectivity index (χ1) is 10.9. The highest BCUT2D eigenvalue weighted by atomic mass is 35.5. The molecule has 2 aromatic rings. The van der Waals surface area contributed by atoms with Gasteiger partial charge in [0.1, 0.15) is 11.6 Å². The van der Waals surface area contributed by atoms with Crippen molar-refractivity contribution < 1.29 is 4.79 Å². The molecule has 0 aromatic heterocycles. The van der Waals surface area contributed by atoms with Crippen LogP contribution in [0.2, 0.25) is 10.0 Å². The van der Waals surface area contributed by atoms with Gasteiger partial charge in [0.05, 0.1) is 10.7 Å². The fraction of sp³-hybridized carbons (Fsp3) is 0.111. The van der Waals surface area contributed by atoms with Crippen molar-refractivity contribution in [3.05, 3.63) is 68.7 Å². The van der Waals surface area contributed by atoms with Crippen LogP contribution in [-0.4, -0.2) is 5.91 Å². The van der Waals surface area contributed by atoms with E-state index in [4.69, 9.17) is 23.2 Å². The zero-order valence-corrected chi connectivity index (χ0v) is 14.2. The molecule has 0 radical (unpaired) electrons. The Bertz CT molecular complexity index is 835. The zero-order chi connectivity index (χ0) is 17.0. The normalized spacial score (nSPS) is 11.0. The molecule has 0 unspecified atom stereocenters. The van der Waals surface area contributed by atoms with Gasteiger partial charge in [0, 0.05) is 5.02 Å². The molecule has 0 bridgehead atoms. The monoisotopic (exact) mass is 344 g/mol. The van der Waals surface area contributed by atoms with Crippen molar-refractivity contribution in [3.8, 4) is 6.07 Å². The molecule has 0 saturated heterocycles. The molecule has 0 aliphatic carbocycles. The van der Waals surface area contributed by atoms with E-state index in [9.17, 15) is 10.1 Å². The molecule has 0 spiro atoms. The first-order valence-electron chi connectivity index (χ1n) is 6.86. The fourth-order valence-electron chi connectivity index (χ4n) is 2.07. The van der Waals surface area contributed by atoms with Gasteiger partial charge in [0.25, 0.3) is 5.91 Å². The van der Waals surface area contributed by atoms with Crippen LogP contribution >= 0.6 is 23.2 Å². The van der Waals surface area contributed by atoms with E-state index in [1.807, 2.05) is 38.1 Å². The summed E-state index contributed by atoms with van der Waals surface area (Å²) in [7, 11) is 0. The first-order valence-corrected chi connectivity index (χ1v) is 7.62. The third-order valence-corrected chi connectivity index (χ3v) is 3.83. The number of carbonyl (C=O) groups excluding carboxylic acids is 1. The molecular weight excluding hydrogens is 331 g/mol. The van der Waals surface area contributed by atoms with Crippen LogP contribution in [0.4, 0.5) is 5.69 Å². The quantitative estimate of drug-likeness (QED) is 0.617. The van der Waals surface area contributed by atoms with E-state index < -0.39 is 5.91 Å². The molecular formula is C18H14Cl2N2O. The average molecular weight is 345 g/mol. The van der Waals surface area contributed by atoms with Gasteiger partial charge in [-0.05, 0) is 49.2 Å². The van der Waals surface area contributed by atoms with Crippen LogP contribution in [-0.2, 0) is 4.79 Å². The number of nitrogens with one attached hydrogen (secondary N) is 1. The van der Waals surface area contributed by atoms with Gasteiger partial charge in [-0.2, -0.15) is 5.26 Å². The van der Waals surface area contributed by atoms with E-state index in [1.54, 1.807) is 18.2 Å². The van der Waals surface area contributed by atoms with Gasteiger partial charge in [0.2, 0.25) is 0 Å². The second kappa shape index (κ2) is 7.32. The summed E-state index contributed by atoms with van der Waals surface area (Å²) < 4.78 is 0. The lowest BCUT2D eigenvalue weighted by Gasteiger charge is -2.08. The van der Waals surface area contributed by atoms with Crippen molar-refractivity contribution in [1.29, 1.82) is 5.26 Å². The van der Waals surface area contributed by atoms with Gasteiger partial charge < -0.3 is 5.32 Å². The lowest BCUT2D eigenvalue weighted by molar-refractivity contribution is -0.112. The van der Waals surface area contributed by atoms with E-state index in [2.05, 4.69) is 5.32 Å². The second-order valence-corrected chi connectivity index (χ2v) is 5.95. The Morgan fingerprint density at radius 3 is 2.57 bits per heavy atom. The van der Waals surface area contributed by atoms with Crippen LogP contribution in [0.25, 0.3) is 6.08 Å². The summed E-state index contributed by atoms with van der Waals surface area (Å²) in [5.74, 6) is -0.531. The SMILES string of the molecule is Cc1ccc(/C=C(\C#N)C(=O)Nc2cc(Cl)ccc2Cl)c(C)c1. The number of benzene rings is 2. The predicted octanol–water partition coefficient (Wildman–Crippen LogP) is 5.16. The molecule has 0 heterocycles. The molecule has 116 valence electrons. The number of anilines is 1. The summed E-state index contributed by atoms with van der Waals surface area (Å²) in [6, 6.07) is 12.5. The summed E-state index contributed by atoms with van der Waals surface area (Å²) in [5.41, 5.74) is 3.29. The largest absolute Gasteiger partial charge is 0.320 e. The number of carbonyl (C=O) groups is 1. The summed E-state index contributed by atoms with van der Waals surface area (Å²) >= 11 is 11.9. The molecule has 0 fully saturated rings. The Hall–Kier alpha value is -2.28. The summed E-state index contributed by atoms with van der Waals surface area (Å²) in [6.07, 6.45) is 1.56. The number of nitriles is 1. The molecule has 0 atom stereocenters. The first kappa shape index (κ1) is 17.1. The third kappa shape index (κ3) is 4.35. The minimum atomic E-state index is -0.531.